The molecule has 19 heavy (non-hydrogen) atoms. The second-order valence-corrected chi connectivity index (χ2v) is 5.09. The van der Waals surface area contributed by atoms with Gasteiger partial charge in [-0.15, -0.1) is 0 Å². The molecule has 5 nitrogen and oxygen atoms in total. The first-order valence-electron chi connectivity index (χ1n) is 5.50. The smallest absolute Gasteiger partial charge is 0.337 e. The molecule has 0 bridgehead atoms. The van der Waals surface area contributed by atoms with Crippen LogP contribution in [0.15, 0.2) is 12.1 Å². The number of carboxylic acids is 1. The zero-order valence-electron chi connectivity index (χ0n) is 10.7. The minimum Gasteiger partial charge on any atom is -0.478 e. The predicted molar refractivity (Wildman–Crippen MR) is 75.3 cm³/mol. The van der Waals surface area contributed by atoms with Gasteiger partial charge in [-0.1, -0.05) is 23.2 Å². The quantitative estimate of drug-likeness (QED) is 0.897. The zero-order chi connectivity index (χ0) is 14.7. The fraction of sp³-hybridized carbons (Fsp3) is 0.333. The summed E-state index contributed by atoms with van der Waals surface area (Å²) in [5.74, 6) is -1.22. The summed E-state index contributed by atoms with van der Waals surface area (Å²) in [6.45, 7) is 3.67. The van der Waals surface area contributed by atoms with Gasteiger partial charge in [0.1, 0.15) is 0 Å². The van der Waals surface area contributed by atoms with Crippen LogP contribution in [0.25, 0.3) is 0 Å². The largest absolute Gasteiger partial charge is 0.478 e. The third-order valence-corrected chi connectivity index (χ3v) is 3.13. The maximum Gasteiger partial charge on any atom is 0.337 e. The molecule has 1 aromatic carbocycles. The molecule has 0 saturated carbocycles. The van der Waals surface area contributed by atoms with E-state index in [4.69, 9.17) is 28.3 Å². The Balaban J connectivity index is 3.14. The summed E-state index contributed by atoms with van der Waals surface area (Å²) in [5, 5.41) is 11.8. The third-order valence-electron chi connectivity index (χ3n) is 2.61. The lowest BCUT2D eigenvalue weighted by Gasteiger charge is -2.22. The number of amides is 2. The van der Waals surface area contributed by atoms with Crippen LogP contribution in [0, 0.1) is 0 Å². The van der Waals surface area contributed by atoms with Gasteiger partial charge in [0.2, 0.25) is 0 Å². The van der Waals surface area contributed by atoms with E-state index >= 15 is 0 Å². The number of carbonyl (C=O) groups is 2. The Bertz CT molecular complexity index is 518. The van der Waals surface area contributed by atoms with Gasteiger partial charge in [0.05, 0.1) is 16.3 Å². The van der Waals surface area contributed by atoms with Gasteiger partial charge in [-0.05, 0) is 26.0 Å². The van der Waals surface area contributed by atoms with Crippen LogP contribution in [0.4, 0.5) is 10.5 Å². The van der Waals surface area contributed by atoms with Crippen molar-refractivity contribution in [3.63, 3.8) is 0 Å². The summed E-state index contributed by atoms with van der Waals surface area (Å²) in [6, 6.07) is 2.14. The van der Waals surface area contributed by atoms with E-state index in [1.54, 1.807) is 7.05 Å². The molecule has 0 saturated heterocycles. The molecule has 0 unspecified atom stereocenters. The number of hydrogen-bond acceptors (Lipinski definition) is 2. The van der Waals surface area contributed by atoms with Crippen LogP contribution in [0.2, 0.25) is 10.0 Å². The van der Waals surface area contributed by atoms with Crippen LogP contribution in [-0.2, 0) is 0 Å². The second kappa shape index (κ2) is 6.12. The van der Waals surface area contributed by atoms with E-state index in [0.29, 0.717) is 0 Å². The van der Waals surface area contributed by atoms with E-state index in [1.807, 2.05) is 13.8 Å². The molecule has 0 aliphatic heterocycles. The van der Waals surface area contributed by atoms with Gasteiger partial charge in [0, 0.05) is 18.1 Å². The summed E-state index contributed by atoms with van der Waals surface area (Å²) in [6.07, 6.45) is 0. The number of halogens is 2. The van der Waals surface area contributed by atoms with E-state index < -0.39 is 12.0 Å². The maximum absolute atomic E-state index is 11.9. The van der Waals surface area contributed by atoms with Crippen molar-refractivity contribution in [2.24, 2.45) is 0 Å². The number of anilines is 1. The van der Waals surface area contributed by atoms with Crippen LogP contribution >= 0.6 is 23.2 Å². The number of aromatic carboxylic acids is 1. The fourth-order valence-corrected chi connectivity index (χ4v) is 1.84. The summed E-state index contributed by atoms with van der Waals surface area (Å²) in [4.78, 5) is 24.5. The molecule has 2 amide bonds. The van der Waals surface area contributed by atoms with Gasteiger partial charge in [-0.3, -0.25) is 0 Å². The van der Waals surface area contributed by atoms with E-state index in [0.717, 1.165) is 0 Å². The van der Waals surface area contributed by atoms with Crippen molar-refractivity contribution in [1.29, 1.82) is 0 Å². The van der Waals surface area contributed by atoms with Crippen molar-refractivity contribution in [3.05, 3.63) is 27.7 Å². The lowest BCUT2D eigenvalue weighted by molar-refractivity contribution is 0.0698. The van der Waals surface area contributed by atoms with Crippen molar-refractivity contribution in [3.8, 4) is 0 Å². The van der Waals surface area contributed by atoms with Crippen molar-refractivity contribution in [1.82, 2.24) is 4.90 Å². The molecule has 0 radical (unpaired) electrons. The maximum atomic E-state index is 11.9. The number of carbonyl (C=O) groups excluding carboxylic acids is 1. The standard InChI is InChI=1S/C12H14Cl2N2O3/c1-6(2)16(3)12(19)15-10-8(11(17)18)4-7(13)5-9(10)14/h4-6H,1-3H3,(H,15,19)(H,17,18). The minimum atomic E-state index is -1.22. The van der Waals surface area contributed by atoms with Crippen molar-refractivity contribution in [2.45, 2.75) is 19.9 Å². The van der Waals surface area contributed by atoms with Crippen LogP contribution in [0.3, 0.4) is 0 Å². The van der Waals surface area contributed by atoms with Gasteiger partial charge >= 0.3 is 12.0 Å². The normalized spacial score (nSPS) is 10.4. The first kappa shape index (κ1) is 15.6. The second-order valence-electron chi connectivity index (χ2n) is 4.25. The molecule has 0 aliphatic carbocycles. The molecule has 1 rings (SSSR count). The average Bonchev–Trinajstić information content (AvgIpc) is 2.30. The molecule has 104 valence electrons. The van der Waals surface area contributed by atoms with Crippen molar-refractivity contribution >= 4 is 40.9 Å². The Hall–Kier alpha value is -1.46. The predicted octanol–water partition coefficient (Wildman–Crippen LogP) is 3.56. The number of hydrogen-bond donors (Lipinski definition) is 2. The summed E-state index contributed by atoms with van der Waals surface area (Å²) in [5.41, 5.74) is -0.112. The van der Waals surface area contributed by atoms with Gasteiger partial charge < -0.3 is 15.3 Å². The minimum absolute atomic E-state index is 0.0284. The van der Waals surface area contributed by atoms with Crippen LogP contribution in [0.5, 0.6) is 0 Å². The number of benzene rings is 1. The number of rotatable bonds is 3. The summed E-state index contributed by atoms with van der Waals surface area (Å²) >= 11 is 11.7. The topological polar surface area (TPSA) is 69.6 Å². The number of nitrogens with one attached hydrogen (secondary N) is 1. The molecule has 7 heteroatoms. The molecule has 0 heterocycles. The van der Waals surface area contributed by atoms with E-state index in [9.17, 15) is 9.59 Å². The van der Waals surface area contributed by atoms with Crippen LogP contribution in [-0.4, -0.2) is 35.1 Å². The fourth-order valence-electron chi connectivity index (χ4n) is 1.30. The van der Waals surface area contributed by atoms with E-state index in [2.05, 4.69) is 5.32 Å². The summed E-state index contributed by atoms with van der Waals surface area (Å²) < 4.78 is 0. The van der Waals surface area contributed by atoms with Crippen LogP contribution in [0.1, 0.15) is 24.2 Å². The van der Waals surface area contributed by atoms with Crippen molar-refractivity contribution in [2.75, 3.05) is 12.4 Å². The molecular weight excluding hydrogens is 291 g/mol. The number of nitrogens with zero attached hydrogens (tertiary/aromatic N) is 1. The zero-order valence-corrected chi connectivity index (χ0v) is 12.2. The van der Waals surface area contributed by atoms with Gasteiger partial charge in [-0.25, -0.2) is 9.59 Å². The Labute approximate surface area is 121 Å². The van der Waals surface area contributed by atoms with E-state index in [1.165, 1.54) is 17.0 Å². The Morgan fingerprint density at radius 3 is 2.37 bits per heavy atom. The highest BCUT2D eigenvalue weighted by atomic mass is 35.5. The lowest BCUT2D eigenvalue weighted by Crippen LogP contribution is -2.36. The lowest BCUT2D eigenvalue weighted by atomic mass is 10.2. The highest BCUT2D eigenvalue weighted by Gasteiger charge is 2.19. The Morgan fingerprint density at radius 1 is 1.32 bits per heavy atom. The van der Waals surface area contributed by atoms with Crippen molar-refractivity contribution < 1.29 is 14.7 Å². The summed E-state index contributed by atoms with van der Waals surface area (Å²) in [7, 11) is 1.60. The van der Waals surface area contributed by atoms with Gasteiger partial charge in [0.15, 0.2) is 0 Å². The SMILES string of the molecule is CC(C)N(C)C(=O)Nc1c(Cl)cc(Cl)cc1C(=O)O. The van der Waals surface area contributed by atoms with Gasteiger partial charge in [0.25, 0.3) is 0 Å². The highest BCUT2D eigenvalue weighted by molar-refractivity contribution is 6.37. The number of carboxylic acid groups (broad SMARTS) is 1. The molecule has 2 N–H and O–H groups in total. The van der Waals surface area contributed by atoms with E-state index in [-0.39, 0.29) is 27.3 Å². The Morgan fingerprint density at radius 2 is 1.89 bits per heavy atom. The Kier molecular flexibility index (Phi) is 5.03. The van der Waals surface area contributed by atoms with Crippen LogP contribution < -0.4 is 5.32 Å². The third kappa shape index (κ3) is 3.75. The number of urea groups is 1. The highest BCUT2D eigenvalue weighted by Crippen LogP contribution is 2.30. The first-order valence-corrected chi connectivity index (χ1v) is 6.25. The molecular formula is C12H14Cl2N2O3. The first-order chi connectivity index (χ1) is 8.73. The molecule has 0 aliphatic rings. The van der Waals surface area contributed by atoms with Gasteiger partial charge in [-0.2, -0.15) is 0 Å². The molecule has 0 atom stereocenters. The monoisotopic (exact) mass is 304 g/mol. The molecule has 0 fully saturated rings. The average molecular weight is 305 g/mol. The molecule has 0 spiro atoms. The molecule has 1 aromatic rings. The molecule has 0 aromatic heterocycles.